The van der Waals surface area contributed by atoms with Crippen molar-refractivity contribution in [2.75, 3.05) is 7.11 Å². The maximum Gasteiger partial charge on any atom is 0.419 e. The molecule has 35 heavy (non-hydrogen) atoms. The predicted molar refractivity (Wildman–Crippen MR) is 112 cm³/mol. The number of amides is 1. The van der Waals surface area contributed by atoms with Gasteiger partial charge >= 0.3 is 6.18 Å². The molecule has 2 atom stereocenters. The monoisotopic (exact) mass is 492 g/mol. The van der Waals surface area contributed by atoms with E-state index in [9.17, 15) is 27.5 Å². The second-order valence-electron chi connectivity index (χ2n) is 9.58. The van der Waals surface area contributed by atoms with Gasteiger partial charge in [0.2, 0.25) is 5.88 Å². The van der Waals surface area contributed by atoms with Crippen LogP contribution in [0.15, 0.2) is 30.5 Å². The van der Waals surface area contributed by atoms with Crippen LogP contribution in [0.4, 0.5) is 17.6 Å². The number of fused-ring (bicyclic) bond motifs is 2. The van der Waals surface area contributed by atoms with Gasteiger partial charge in [-0.05, 0) is 31.4 Å². The standard InChI is InChI=1S/C23H20F4N4O4/c1-34-19-3-2-14-15(28-19)7-31(30-14)22-8-21(9-22,10-22)29-20(33)18-6-16(32)11-4-12(23(25,26)27)13(24)5-17(11)35-18/h2-5,7,16,18,32H,6,8-10H2,1H3,(H,29,33)/t16-,18-,21?,22?/m1/s1. The number of carbonyl (C=O) groups is 1. The third-order valence-electron chi connectivity index (χ3n) is 7.19. The van der Waals surface area contributed by atoms with Gasteiger partial charge in [0, 0.05) is 29.7 Å². The average Bonchev–Trinajstić information content (AvgIpc) is 3.16. The number of hydrogen-bond acceptors (Lipinski definition) is 6. The van der Waals surface area contributed by atoms with Crippen molar-refractivity contribution in [2.45, 2.75) is 55.1 Å². The molecule has 1 aromatic carbocycles. The first-order valence-corrected chi connectivity index (χ1v) is 11.0. The first-order valence-electron chi connectivity index (χ1n) is 11.0. The van der Waals surface area contributed by atoms with Gasteiger partial charge in [-0.2, -0.15) is 18.3 Å². The highest BCUT2D eigenvalue weighted by atomic mass is 19.4. The minimum absolute atomic E-state index is 0.191. The number of pyridine rings is 1. The fraction of sp³-hybridized carbons (Fsp3) is 0.435. The minimum atomic E-state index is -4.91. The van der Waals surface area contributed by atoms with E-state index in [2.05, 4.69) is 15.4 Å². The Balaban J connectivity index is 1.14. The molecule has 184 valence electrons. The van der Waals surface area contributed by atoms with Gasteiger partial charge in [0.15, 0.2) is 6.10 Å². The molecule has 3 aliphatic carbocycles. The lowest BCUT2D eigenvalue weighted by Gasteiger charge is -2.70. The molecule has 2 N–H and O–H groups in total. The molecule has 3 heterocycles. The van der Waals surface area contributed by atoms with Crippen molar-refractivity contribution in [3.05, 3.63) is 47.4 Å². The van der Waals surface area contributed by atoms with Gasteiger partial charge in [0.05, 0.1) is 30.5 Å². The van der Waals surface area contributed by atoms with Crippen LogP contribution in [-0.4, -0.2) is 44.5 Å². The van der Waals surface area contributed by atoms with Crippen LogP contribution in [0.1, 0.15) is 42.9 Å². The van der Waals surface area contributed by atoms with Gasteiger partial charge < -0.3 is 19.9 Å². The van der Waals surface area contributed by atoms with Gasteiger partial charge in [-0.15, -0.1) is 0 Å². The van der Waals surface area contributed by atoms with Crippen molar-refractivity contribution in [2.24, 2.45) is 0 Å². The van der Waals surface area contributed by atoms with E-state index >= 15 is 0 Å². The Bertz CT molecular complexity index is 1350. The zero-order valence-electron chi connectivity index (χ0n) is 18.4. The first kappa shape index (κ1) is 22.1. The number of nitrogens with zero attached hydrogens (tertiary/aromatic N) is 3. The van der Waals surface area contributed by atoms with E-state index < -0.39 is 41.2 Å². The van der Waals surface area contributed by atoms with Gasteiger partial charge in [-0.3, -0.25) is 9.48 Å². The van der Waals surface area contributed by atoms with Gasteiger partial charge in [0.25, 0.3) is 5.91 Å². The number of hydrogen-bond donors (Lipinski definition) is 2. The molecular weight excluding hydrogens is 472 g/mol. The summed E-state index contributed by atoms with van der Waals surface area (Å²) in [4.78, 5) is 17.3. The molecule has 1 amide bonds. The Labute approximate surface area is 195 Å². The molecule has 3 fully saturated rings. The number of benzene rings is 1. The molecular formula is C23H20F4N4O4. The van der Waals surface area contributed by atoms with Crippen molar-refractivity contribution < 1.29 is 36.9 Å². The number of nitrogens with one attached hydrogen (secondary N) is 1. The SMILES string of the molecule is COc1ccc2nn(C34CC(NC(=O)[C@H]5C[C@@H](O)c6cc(C(F)(F)F)c(F)cc6O5)(C3)C4)cc2n1. The average molecular weight is 492 g/mol. The van der Waals surface area contributed by atoms with E-state index in [1.807, 2.05) is 16.9 Å². The Morgan fingerprint density at radius 2 is 2.00 bits per heavy atom. The molecule has 0 spiro atoms. The molecule has 3 saturated carbocycles. The Morgan fingerprint density at radius 3 is 2.69 bits per heavy atom. The lowest BCUT2D eigenvalue weighted by Crippen LogP contribution is -2.79. The van der Waals surface area contributed by atoms with Gasteiger partial charge in [0.1, 0.15) is 22.6 Å². The van der Waals surface area contributed by atoms with Crippen molar-refractivity contribution in [1.29, 1.82) is 0 Å². The van der Waals surface area contributed by atoms with E-state index in [1.54, 1.807) is 6.07 Å². The predicted octanol–water partition coefficient (Wildman–Crippen LogP) is 3.23. The van der Waals surface area contributed by atoms with E-state index in [4.69, 9.17) is 9.47 Å². The first-order chi connectivity index (χ1) is 16.5. The van der Waals surface area contributed by atoms with Crippen LogP contribution < -0.4 is 14.8 Å². The molecule has 7 rings (SSSR count). The summed E-state index contributed by atoms with van der Waals surface area (Å²) in [6.45, 7) is 0. The molecule has 8 nitrogen and oxygen atoms in total. The number of ether oxygens (including phenoxy) is 2. The zero-order chi connectivity index (χ0) is 24.8. The number of alkyl halides is 3. The number of aromatic nitrogens is 3. The Hall–Kier alpha value is -3.41. The summed E-state index contributed by atoms with van der Waals surface area (Å²) in [7, 11) is 1.54. The molecule has 12 heteroatoms. The number of aliphatic hydroxyl groups is 1. The topological polar surface area (TPSA) is 98.5 Å². The highest BCUT2D eigenvalue weighted by Crippen LogP contribution is 2.65. The second-order valence-corrected chi connectivity index (χ2v) is 9.58. The number of methoxy groups -OCH3 is 1. The number of halogens is 4. The molecule has 0 unspecified atom stereocenters. The molecule has 3 aromatic rings. The van der Waals surface area contributed by atoms with Crippen molar-refractivity contribution in [1.82, 2.24) is 20.1 Å². The number of carbonyl (C=O) groups excluding carboxylic acids is 1. The molecule has 2 bridgehead atoms. The van der Waals surface area contributed by atoms with E-state index in [0.29, 0.717) is 42.8 Å². The lowest BCUT2D eigenvalue weighted by atomic mass is 9.44. The van der Waals surface area contributed by atoms with Crippen LogP contribution in [0.3, 0.4) is 0 Å². The third kappa shape index (κ3) is 3.33. The van der Waals surface area contributed by atoms with Crippen molar-refractivity contribution in [3.63, 3.8) is 0 Å². The fourth-order valence-corrected chi connectivity index (χ4v) is 5.54. The lowest BCUT2D eigenvalue weighted by molar-refractivity contribution is -0.164. The van der Waals surface area contributed by atoms with Crippen molar-refractivity contribution >= 4 is 16.9 Å². The maximum atomic E-state index is 14.0. The smallest absolute Gasteiger partial charge is 0.419 e. The number of aliphatic hydroxyl groups excluding tert-OH is 1. The molecule has 0 saturated heterocycles. The van der Waals surface area contributed by atoms with Gasteiger partial charge in [-0.25, -0.2) is 9.37 Å². The summed E-state index contributed by atoms with van der Waals surface area (Å²) in [5.41, 5.74) is -0.906. The summed E-state index contributed by atoms with van der Waals surface area (Å²) in [5, 5.41) is 17.9. The molecule has 0 radical (unpaired) electrons. The summed E-state index contributed by atoms with van der Waals surface area (Å²) in [6, 6.07) is 4.66. The maximum absolute atomic E-state index is 14.0. The molecule has 4 aliphatic rings. The summed E-state index contributed by atoms with van der Waals surface area (Å²) in [6.07, 6.45) is -3.90. The van der Waals surface area contributed by atoms with E-state index in [0.717, 1.165) is 5.52 Å². The van der Waals surface area contributed by atoms with E-state index in [-0.39, 0.29) is 23.3 Å². The fourth-order valence-electron chi connectivity index (χ4n) is 5.54. The Morgan fingerprint density at radius 1 is 1.26 bits per heavy atom. The van der Waals surface area contributed by atoms with Crippen LogP contribution in [-0.2, 0) is 16.5 Å². The van der Waals surface area contributed by atoms with Crippen LogP contribution >= 0.6 is 0 Å². The summed E-state index contributed by atoms with van der Waals surface area (Å²) >= 11 is 0. The van der Waals surface area contributed by atoms with E-state index in [1.165, 1.54) is 7.11 Å². The summed E-state index contributed by atoms with van der Waals surface area (Å²) in [5.74, 6) is -1.80. The quantitative estimate of drug-likeness (QED) is 0.543. The number of rotatable bonds is 4. The minimum Gasteiger partial charge on any atom is -0.481 e. The van der Waals surface area contributed by atoms with Crippen LogP contribution in [0, 0.1) is 5.82 Å². The van der Waals surface area contributed by atoms with Crippen molar-refractivity contribution in [3.8, 4) is 11.6 Å². The highest BCUT2D eigenvalue weighted by Gasteiger charge is 2.70. The van der Waals surface area contributed by atoms with Gasteiger partial charge in [-0.1, -0.05) is 0 Å². The summed E-state index contributed by atoms with van der Waals surface area (Å²) < 4.78 is 65.5. The van der Waals surface area contributed by atoms with Crippen LogP contribution in [0.25, 0.3) is 11.0 Å². The second kappa shape index (κ2) is 7.06. The third-order valence-corrected chi connectivity index (χ3v) is 7.19. The Kier molecular flexibility index (Phi) is 4.45. The highest BCUT2D eigenvalue weighted by molar-refractivity contribution is 5.83. The van der Waals surface area contributed by atoms with Crippen LogP contribution in [0.5, 0.6) is 11.6 Å². The molecule has 1 aliphatic heterocycles. The molecule has 2 aromatic heterocycles. The zero-order valence-corrected chi connectivity index (χ0v) is 18.4. The normalized spacial score (nSPS) is 29.0. The van der Waals surface area contributed by atoms with Crippen LogP contribution in [0.2, 0.25) is 0 Å². The largest absolute Gasteiger partial charge is 0.481 e.